The second-order valence-corrected chi connectivity index (χ2v) is 12.0. The molecule has 0 saturated carbocycles. The first-order valence-electron chi connectivity index (χ1n) is 13.8. The van der Waals surface area contributed by atoms with Gasteiger partial charge in [-0.2, -0.15) is 0 Å². The van der Waals surface area contributed by atoms with E-state index in [0.29, 0.717) is 32.7 Å². The van der Waals surface area contributed by atoms with Crippen LogP contribution in [-0.2, 0) is 32.8 Å². The van der Waals surface area contributed by atoms with E-state index in [1.165, 1.54) is 12.1 Å². The van der Waals surface area contributed by atoms with Gasteiger partial charge >= 0.3 is 0 Å². The number of benzene rings is 2. The largest absolute Gasteiger partial charge is 0.489 e. The van der Waals surface area contributed by atoms with Gasteiger partial charge in [0.2, 0.25) is 21.8 Å². The summed E-state index contributed by atoms with van der Waals surface area (Å²) in [6.45, 7) is 11.6. The molecule has 0 spiro atoms. The van der Waals surface area contributed by atoms with Gasteiger partial charge in [-0.05, 0) is 48.4 Å². The number of nitrogens with one attached hydrogen (secondary N) is 1. The number of rotatable bonds is 14. The average Bonchev–Trinajstić information content (AvgIpc) is 2.95. The number of carbonyl (C=O) groups is 2. The number of allylic oxidation sites excluding steroid dienone is 1. The molecule has 1 heterocycles. The smallest absolute Gasteiger partial charge is 0.242 e. The van der Waals surface area contributed by atoms with Gasteiger partial charge in [-0.15, -0.1) is 6.58 Å². The number of ether oxygens (including phenoxy) is 1. The van der Waals surface area contributed by atoms with Gasteiger partial charge in [0.05, 0.1) is 11.4 Å². The van der Waals surface area contributed by atoms with Crippen LogP contribution in [0.25, 0.3) is 0 Å². The monoisotopic (exact) mass is 570 g/mol. The molecule has 2 amide bonds. The van der Waals surface area contributed by atoms with Gasteiger partial charge in [-0.3, -0.25) is 14.5 Å². The van der Waals surface area contributed by atoms with E-state index in [1.54, 1.807) is 17.0 Å². The van der Waals surface area contributed by atoms with Crippen LogP contribution in [0.3, 0.4) is 0 Å². The van der Waals surface area contributed by atoms with Crippen molar-refractivity contribution in [1.29, 1.82) is 0 Å². The van der Waals surface area contributed by atoms with Crippen molar-refractivity contribution in [3.63, 3.8) is 0 Å². The number of carbonyl (C=O) groups excluding carboxylic acids is 2. The maximum absolute atomic E-state index is 12.8. The molecule has 1 saturated heterocycles. The molecule has 0 aliphatic carbocycles. The molecule has 0 atom stereocenters. The number of piperazine rings is 1. The standard InChI is InChI=1S/C30H42N4O5S/c1-4-15-30(5-2,6-3)20-28(35)32-21-29(36)34-18-16-33(17-19-34)22-25-9-7-8-10-27(25)39-23-24-11-13-26(14-12-24)40(31,37)38/h4,7-14H,1,5-6,15-23H2,2-3H3,(H,32,35)(H2,31,37,38). The molecule has 3 rings (SSSR count). The SMILES string of the molecule is C=CCC(CC)(CC)CC(=O)NCC(=O)N1CCN(Cc2ccccc2OCc2ccc(S(N)(=O)=O)cc2)CC1. The van der Waals surface area contributed by atoms with Crippen LogP contribution in [0.2, 0.25) is 0 Å². The fourth-order valence-electron chi connectivity index (χ4n) is 4.96. The van der Waals surface area contributed by atoms with Crippen molar-refractivity contribution in [2.45, 2.75) is 57.6 Å². The highest BCUT2D eigenvalue weighted by molar-refractivity contribution is 7.89. The van der Waals surface area contributed by atoms with Crippen LogP contribution in [0.4, 0.5) is 0 Å². The highest BCUT2D eigenvalue weighted by atomic mass is 32.2. The number of nitrogens with two attached hydrogens (primary N) is 1. The van der Waals surface area contributed by atoms with E-state index < -0.39 is 10.0 Å². The molecule has 1 fully saturated rings. The van der Waals surface area contributed by atoms with Crippen LogP contribution in [0.15, 0.2) is 66.1 Å². The van der Waals surface area contributed by atoms with Gasteiger partial charge in [0.1, 0.15) is 12.4 Å². The summed E-state index contributed by atoms with van der Waals surface area (Å²) >= 11 is 0. The Bertz CT molecular complexity index is 1250. The Balaban J connectivity index is 1.46. The third kappa shape index (κ3) is 8.90. The summed E-state index contributed by atoms with van der Waals surface area (Å²) in [6, 6.07) is 14.1. The molecule has 3 N–H and O–H groups in total. The number of para-hydroxylation sites is 1. The van der Waals surface area contributed by atoms with Gasteiger partial charge in [-0.1, -0.05) is 50.3 Å². The second-order valence-electron chi connectivity index (χ2n) is 10.4. The summed E-state index contributed by atoms with van der Waals surface area (Å²) in [6.07, 6.45) is 4.83. The zero-order valence-electron chi connectivity index (χ0n) is 23.6. The summed E-state index contributed by atoms with van der Waals surface area (Å²) in [5, 5.41) is 7.99. The van der Waals surface area contributed by atoms with Crippen molar-refractivity contribution in [2.24, 2.45) is 10.6 Å². The molecular weight excluding hydrogens is 528 g/mol. The Kier molecular flexibility index (Phi) is 11.3. The fourth-order valence-corrected chi connectivity index (χ4v) is 5.48. The molecule has 1 aliphatic rings. The van der Waals surface area contributed by atoms with Crippen LogP contribution in [-0.4, -0.2) is 62.8 Å². The lowest BCUT2D eigenvalue weighted by atomic mass is 9.76. The zero-order chi connectivity index (χ0) is 29.2. The quantitative estimate of drug-likeness (QED) is 0.336. The first-order chi connectivity index (χ1) is 19.1. The van der Waals surface area contributed by atoms with Crippen molar-refractivity contribution >= 4 is 21.8 Å². The maximum atomic E-state index is 12.8. The number of sulfonamides is 1. The summed E-state index contributed by atoms with van der Waals surface area (Å²) in [5.74, 6) is 0.605. The van der Waals surface area contributed by atoms with E-state index in [4.69, 9.17) is 9.88 Å². The van der Waals surface area contributed by atoms with Crippen molar-refractivity contribution in [3.8, 4) is 5.75 Å². The maximum Gasteiger partial charge on any atom is 0.242 e. The zero-order valence-corrected chi connectivity index (χ0v) is 24.4. The van der Waals surface area contributed by atoms with E-state index in [0.717, 1.165) is 49.2 Å². The van der Waals surface area contributed by atoms with E-state index in [9.17, 15) is 18.0 Å². The highest BCUT2D eigenvalue weighted by Gasteiger charge is 2.28. The van der Waals surface area contributed by atoms with Crippen LogP contribution in [0.5, 0.6) is 5.75 Å². The van der Waals surface area contributed by atoms with E-state index in [-0.39, 0.29) is 28.7 Å². The minimum atomic E-state index is -3.73. The fraction of sp³-hybridized carbons (Fsp3) is 0.467. The lowest BCUT2D eigenvalue weighted by molar-refractivity contribution is -0.134. The van der Waals surface area contributed by atoms with E-state index in [1.807, 2.05) is 30.3 Å². The molecule has 0 bridgehead atoms. The molecule has 1 aliphatic heterocycles. The van der Waals surface area contributed by atoms with Crippen molar-refractivity contribution < 1.29 is 22.7 Å². The molecule has 218 valence electrons. The topological polar surface area (TPSA) is 122 Å². The predicted octanol–water partition coefficient (Wildman–Crippen LogP) is 3.45. The molecular formula is C30H42N4O5S. The number of hydrogen-bond acceptors (Lipinski definition) is 6. The first kappa shape index (κ1) is 31.3. The Morgan fingerprint density at radius 2 is 1.70 bits per heavy atom. The first-order valence-corrected chi connectivity index (χ1v) is 15.3. The Labute approximate surface area is 238 Å². The van der Waals surface area contributed by atoms with Gasteiger partial charge in [0.25, 0.3) is 0 Å². The Hall–Kier alpha value is -3.21. The summed E-state index contributed by atoms with van der Waals surface area (Å²) in [7, 11) is -3.73. The molecule has 2 aromatic rings. The van der Waals surface area contributed by atoms with Crippen LogP contribution in [0, 0.1) is 5.41 Å². The third-order valence-corrected chi connectivity index (χ3v) is 8.72. The lowest BCUT2D eigenvalue weighted by Gasteiger charge is -2.35. The molecule has 0 unspecified atom stereocenters. The number of primary sulfonamides is 1. The Morgan fingerprint density at radius 1 is 1.05 bits per heavy atom. The van der Waals surface area contributed by atoms with Crippen molar-refractivity contribution in [2.75, 3.05) is 32.7 Å². The van der Waals surface area contributed by atoms with Crippen LogP contribution >= 0.6 is 0 Å². The van der Waals surface area contributed by atoms with Crippen molar-refractivity contribution in [3.05, 3.63) is 72.3 Å². The van der Waals surface area contributed by atoms with Gasteiger partial charge < -0.3 is 15.0 Å². The second kappa shape index (κ2) is 14.4. The number of nitrogens with zero attached hydrogens (tertiary/aromatic N) is 2. The number of amides is 2. The van der Waals surface area contributed by atoms with Crippen molar-refractivity contribution in [1.82, 2.24) is 15.1 Å². The lowest BCUT2D eigenvalue weighted by Crippen LogP contribution is -2.51. The molecule has 40 heavy (non-hydrogen) atoms. The van der Waals surface area contributed by atoms with Crippen LogP contribution < -0.4 is 15.2 Å². The number of hydrogen-bond donors (Lipinski definition) is 2. The minimum Gasteiger partial charge on any atom is -0.489 e. The molecule has 0 aromatic heterocycles. The Morgan fingerprint density at radius 3 is 2.30 bits per heavy atom. The van der Waals surface area contributed by atoms with E-state index in [2.05, 4.69) is 30.6 Å². The third-order valence-electron chi connectivity index (χ3n) is 7.79. The van der Waals surface area contributed by atoms with Gasteiger partial charge in [0, 0.05) is 44.7 Å². The molecule has 0 radical (unpaired) electrons. The minimum absolute atomic E-state index is 0.0191. The molecule has 2 aromatic carbocycles. The highest BCUT2D eigenvalue weighted by Crippen LogP contribution is 2.34. The average molecular weight is 571 g/mol. The van der Waals surface area contributed by atoms with Gasteiger partial charge in [0.15, 0.2) is 0 Å². The summed E-state index contributed by atoms with van der Waals surface area (Å²) < 4.78 is 29.0. The summed E-state index contributed by atoms with van der Waals surface area (Å²) in [4.78, 5) is 29.5. The van der Waals surface area contributed by atoms with Crippen LogP contribution in [0.1, 0.15) is 50.7 Å². The predicted molar refractivity (Wildman–Crippen MR) is 156 cm³/mol. The summed E-state index contributed by atoms with van der Waals surface area (Å²) in [5.41, 5.74) is 1.77. The molecule has 10 heteroatoms. The normalized spacial score (nSPS) is 14.5. The molecule has 9 nitrogen and oxygen atoms in total. The van der Waals surface area contributed by atoms with E-state index >= 15 is 0 Å². The van der Waals surface area contributed by atoms with Gasteiger partial charge in [-0.25, -0.2) is 13.6 Å².